The van der Waals surface area contributed by atoms with Gasteiger partial charge in [-0.1, -0.05) is 0 Å². The maximum atomic E-state index is 11.1. The first-order valence-corrected chi connectivity index (χ1v) is 7.04. The van der Waals surface area contributed by atoms with Crippen molar-refractivity contribution < 1.29 is 25.4 Å². The Bertz CT molecular complexity index is 203. The maximum Gasteiger partial charge on any atom is 0.375 e. The summed E-state index contributed by atoms with van der Waals surface area (Å²) >= 11 is 19.0. The van der Waals surface area contributed by atoms with E-state index in [0.717, 1.165) is 0 Å². The number of hydrogen-bond donors (Lipinski definition) is 0. The van der Waals surface area contributed by atoms with Crippen molar-refractivity contribution in [1.29, 1.82) is 0 Å². The second kappa shape index (κ2) is 6.13. The highest BCUT2D eigenvalue weighted by Crippen LogP contribution is 2.66. The van der Waals surface area contributed by atoms with E-state index >= 15 is 0 Å². The number of rotatable bonds is 6. The predicted molar refractivity (Wildman–Crippen MR) is 47.8 cm³/mol. The fraction of sp³-hybridized carbons (Fsp3) is 1.00. The Balaban J connectivity index is 4.57. The Morgan fingerprint density at radius 2 is 1.00 bits per heavy atom. The molecule has 0 spiro atoms. The molecule has 80 valence electrons. The summed E-state index contributed by atoms with van der Waals surface area (Å²) in [6.45, 7) is 0. The molecule has 0 atom stereocenters. The van der Waals surface area contributed by atoms with E-state index in [0.29, 0.717) is 0 Å². The van der Waals surface area contributed by atoms with Gasteiger partial charge in [0.1, 0.15) is 0 Å². The molecule has 0 aliphatic rings. The zero-order chi connectivity index (χ0) is 10.5. The zero-order valence-electron chi connectivity index (χ0n) is 5.56. The van der Waals surface area contributed by atoms with Crippen LogP contribution in [-0.2, 0) is 25.4 Å². The lowest BCUT2D eigenvalue weighted by molar-refractivity contribution is 0.399. The summed E-state index contributed by atoms with van der Waals surface area (Å²) in [6.07, 6.45) is 0. The highest BCUT2D eigenvalue weighted by atomic mass is 35.5. The minimum atomic E-state index is -3.99. The first kappa shape index (κ1) is 14.5. The molecule has 0 aromatic carbocycles. The molecule has 0 N–H and O–H groups in total. The molecule has 0 saturated heterocycles. The minimum Gasteiger partial charge on any atom is -0.256 e. The molecular formula is CH2Cl4O6P2. The van der Waals surface area contributed by atoms with Crippen LogP contribution in [0.25, 0.3) is 0 Å². The van der Waals surface area contributed by atoms with Crippen molar-refractivity contribution in [1.82, 2.24) is 0 Å². The highest BCUT2D eigenvalue weighted by molar-refractivity contribution is 7.72. The zero-order valence-corrected chi connectivity index (χ0v) is 10.4. The molecule has 0 heterocycles. The fourth-order valence-electron chi connectivity index (χ4n) is 0.321. The van der Waals surface area contributed by atoms with Gasteiger partial charge in [-0.2, -0.15) is 16.3 Å². The van der Waals surface area contributed by atoms with Crippen molar-refractivity contribution in [3.05, 3.63) is 0 Å². The van der Waals surface area contributed by atoms with Gasteiger partial charge in [0.2, 0.25) is 0 Å². The first-order chi connectivity index (χ1) is 5.95. The summed E-state index contributed by atoms with van der Waals surface area (Å²) < 4.78 is 37.5. The van der Waals surface area contributed by atoms with Gasteiger partial charge in [0.25, 0.3) is 0 Å². The van der Waals surface area contributed by atoms with Gasteiger partial charge < -0.3 is 0 Å². The average Bonchev–Trinajstić information content (AvgIpc) is 2.17. The number of halogens is 4. The van der Waals surface area contributed by atoms with Gasteiger partial charge in [-0.15, -0.1) is 0 Å². The monoisotopic (exact) mass is 312 g/mol. The van der Waals surface area contributed by atoms with Crippen LogP contribution in [0.2, 0.25) is 0 Å². The van der Waals surface area contributed by atoms with Crippen molar-refractivity contribution in [2.45, 2.75) is 0 Å². The molecule has 0 unspecified atom stereocenters. The molecule has 0 radical (unpaired) electrons. The molecule has 0 rings (SSSR count). The summed E-state index contributed by atoms with van der Waals surface area (Å²) in [6, 6.07) is 0. The normalized spacial score (nSPS) is 13.2. The molecule has 0 bridgehead atoms. The van der Waals surface area contributed by atoms with Crippen molar-refractivity contribution in [3.63, 3.8) is 0 Å². The SMILES string of the molecule is O=P(CP(=O)(OCl)OCl)(OCl)OCl. The topological polar surface area (TPSA) is 71.1 Å². The van der Waals surface area contributed by atoms with Crippen LogP contribution in [0.15, 0.2) is 0 Å². The quantitative estimate of drug-likeness (QED) is 0.690. The third-order valence-electron chi connectivity index (χ3n) is 0.767. The van der Waals surface area contributed by atoms with Gasteiger partial charge >= 0.3 is 15.2 Å². The number of hydrogen-bond acceptors (Lipinski definition) is 6. The lowest BCUT2D eigenvalue weighted by atomic mass is 11.9. The Labute approximate surface area is 94.0 Å². The second-order valence-electron chi connectivity index (χ2n) is 1.64. The van der Waals surface area contributed by atoms with Gasteiger partial charge in [-0.05, 0) is 0 Å². The molecule has 0 aliphatic heterocycles. The molecule has 0 aromatic heterocycles. The summed E-state index contributed by atoms with van der Waals surface area (Å²) in [4.78, 5) is 0. The molecule has 13 heavy (non-hydrogen) atoms. The minimum absolute atomic E-state index is 0.917. The molecule has 0 saturated carbocycles. The van der Waals surface area contributed by atoms with Crippen LogP contribution in [0, 0.1) is 0 Å². The Hall–Kier alpha value is 1.46. The molecule has 0 fully saturated rings. The van der Waals surface area contributed by atoms with Gasteiger partial charge in [-0.3, -0.25) is 9.13 Å². The van der Waals surface area contributed by atoms with E-state index in [9.17, 15) is 9.13 Å². The first-order valence-electron chi connectivity index (χ1n) is 2.35. The summed E-state index contributed by atoms with van der Waals surface area (Å²) in [5, 5.41) is 0. The van der Waals surface area contributed by atoms with Gasteiger partial charge in [0, 0.05) is 0 Å². The predicted octanol–water partition coefficient (Wildman–Crippen LogP) is 4.01. The fourth-order valence-corrected chi connectivity index (χ4v) is 4.84. The second-order valence-corrected chi connectivity index (χ2v) is 7.42. The summed E-state index contributed by atoms with van der Waals surface area (Å²) in [5.41, 5.74) is 0. The Morgan fingerprint density at radius 1 is 0.769 bits per heavy atom. The van der Waals surface area contributed by atoms with Gasteiger partial charge in [0.15, 0.2) is 5.90 Å². The van der Waals surface area contributed by atoms with Crippen LogP contribution >= 0.6 is 62.7 Å². The third kappa shape index (κ3) is 4.67. The van der Waals surface area contributed by atoms with Crippen LogP contribution < -0.4 is 0 Å². The maximum absolute atomic E-state index is 11.1. The Morgan fingerprint density at radius 3 is 1.15 bits per heavy atom. The van der Waals surface area contributed by atoms with E-state index in [-0.39, 0.29) is 0 Å². The van der Waals surface area contributed by atoms with Crippen molar-refractivity contribution >= 4 is 62.7 Å². The van der Waals surface area contributed by atoms with E-state index in [1.54, 1.807) is 0 Å². The largest absolute Gasteiger partial charge is 0.375 e. The van der Waals surface area contributed by atoms with E-state index in [2.05, 4.69) is 16.3 Å². The smallest absolute Gasteiger partial charge is 0.256 e. The van der Waals surface area contributed by atoms with Crippen LogP contribution in [0.1, 0.15) is 0 Å². The van der Waals surface area contributed by atoms with Gasteiger partial charge in [-0.25, -0.2) is 0 Å². The average molecular weight is 314 g/mol. The van der Waals surface area contributed by atoms with E-state index in [4.69, 9.17) is 47.5 Å². The molecule has 0 aliphatic carbocycles. The van der Waals surface area contributed by atoms with Crippen LogP contribution in [0.5, 0.6) is 0 Å². The van der Waals surface area contributed by atoms with Gasteiger partial charge in [0.05, 0.1) is 47.5 Å². The molecule has 12 heteroatoms. The highest BCUT2D eigenvalue weighted by Gasteiger charge is 2.40. The van der Waals surface area contributed by atoms with E-state index in [1.165, 1.54) is 0 Å². The lowest BCUT2D eigenvalue weighted by Crippen LogP contribution is -1.93. The van der Waals surface area contributed by atoms with Crippen LogP contribution in [0.4, 0.5) is 0 Å². The van der Waals surface area contributed by atoms with Crippen LogP contribution in [-0.4, -0.2) is 5.90 Å². The van der Waals surface area contributed by atoms with Crippen LogP contribution in [0.3, 0.4) is 0 Å². The van der Waals surface area contributed by atoms with Crippen molar-refractivity contribution in [3.8, 4) is 0 Å². The molecule has 6 nitrogen and oxygen atoms in total. The summed E-state index contributed by atoms with van der Waals surface area (Å²) in [7, 11) is -7.97. The standard InChI is InChI=1S/CH2Cl4O6P2/c2-8-12(6,9-3)1-13(7,10-4)11-5/h1H2. The van der Waals surface area contributed by atoms with Crippen molar-refractivity contribution in [2.75, 3.05) is 5.90 Å². The van der Waals surface area contributed by atoms with Crippen molar-refractivity contribution in [2.24, 2.45) is 0 Å². The van der Waals surface area contributed by atoms with E-state index in [1.807, 2.05) is 0 Å². The molecule has 0 amide bonds. The third-order valence-corrected chi connectivity index (χ3v) is 6.90. The summed E-state index contributed by atoms with van der Waals surface area (Å²) in [5.74, 6) is -0.917. The molecular weight excluding hydrogens is 312 g/mol. The van der Waals surface area contributed by atoms with E-state index < -0.39 is 21.1 Å². The molecule has 0 aromatic rings. The Kier molecular flexibility index (Phi) is 6.82. The lowest BCUT2D eigenvalue weighted by Gasteiger charge is -2.12.